The van der Waals surface area contributed by atoms with Crippen LogP contribution in [-0.2, 0) is 0 Å². The van der Waals surface area contributed by atoms with E-state index in [4.69, 9.17) is 23.2 Å². The highest BCUT2D eigenvalue weighted by molar-refractivity contribution is 6.35. The lowest BCUT2D eigenvalue weighted by molar-refractivity contribution is 0.0953. The van der Waals surface area contributed by atoms with Gasteiger partial charge in [0.2, 0.25) is 5.95 Å². The van der Waals surface area contributed by atoms with Gasteiger partial charge in [-0.15, -0.1) is 6.58 Å². The van der Waals surface area contributed by atoms with Gasteiger partial charge in [0, 0.05) is 17.8 Å². The number of nitrogens with zero attached hydrogens (tertiary/aromatic N) is 2. The van der Waals surface area contributed by atoms with Crippen molar-refractivity contribution in [3.05, 3.63) is 58.9 Å². The molecule has 0 aliphatic rings. The lowest BCUT2D eigenvalue weighted by Gasteiger charge is -2.08. The van der Waals surface area contributed by atoms with E-state index in [9.17, 15) is 4.79 Å². The Balaban J connectivity index is 2.19. The molecule has 5 nitrogen and oxygen atoms in total. The van der Waals surface area contributed by atoms with Gasteiger partial charge in [-0.2, -0.15) is 0 Å². The van der Waals surface area contributed by atoms with Gasteiger partial charge in [-0.1, -0.05) is 29.3 Å². The zero-order valence-corrected chi connectivity index (χ0v) is 12.4. The molecule has 0 aliphatic heterocycles. The SMILES string of the molecule is C=CCNC(=O)c1ccnc(Nc2cc(Cl)ccc2Cl)n1. The third kappa shape index (κ3) is 4.18. The Labute approximate surface area is 132 Å². The number of nitrogens with one attached hydrogen (secondary N) is 2. The molecule has 0 saturated heterocycles. The number of halogens is 2. The lowest BCUT2D eigenvalue weighted by Crippen LogP contribution is -2.24. The second-order valence-electron chi connectivity index (χ2n) is 4.01. The number of anilines is 2. The molecule has 0 fully saturated rings. The summed E-state index contributed by atoms with van der Waals surface area (Å²) in [6, 6.07) is 6.50. The van der Waals surface area contributed by atoms with Gasteiger partial charge in [0.05, 0.1) is 10.7 Å². The fraction of sp³-hybridized carbons (Fsp3) is 0.0714. The Kier molecular flexibility index (Phi) is 5.14. The molecule has 0 radical (unpaired) electrons. The minimum absolute atomic E-state index is 0.243. The molecule has 2 aromatic rings. The van der Waals surface area contributed by atoms with Crippen LogP contribution in [0.5, 0.6) is 0 Å². The molecular weight excluding hydrogens is 311 g/mol. The molecule has 2 N–H and O–H groups in total. The van der Waals surface area contributed by atoms with Crippen LogP contribution in [0, 0.1) is 0 Å². The van der Waals surface area contributed by atoms with Crippen LogP contribution in [0.3, 0.4) is 0 Å². The molecule has 1 heterocycles. The van der Waals surface area contributed by atoms with Gasteiger partial charge in [0.15, 0.2) is 0 Å². The van der Waals surface area contributed by atoms with Crippen molar-refractivity contribution in [3.63, 3.8) is 0 Å². The predicted octanol–water partition coefficient (Wildman–Crippen LogP) is 3.44. The third-order valence-corrected chi connectivity index (χ3v) is 3.03. The van der Waals surface area contributed by atoms with E-state index in [0.29, 0.717) is 22.3 Å². The lowest BCUT2D eigenvalue weighted by atomic mass is 10.3. The third-order valence-electron chi connectivity index (χ3n) is 2.47. The van der Waals surface area contributed by atoms with Crippen molar-refractivity contribution in [1.29, 1.82) is 0 Å². The highest BCUT2D eigenvalue weighted by Crippen LogP contribution is 2.27. The van der Waals surface area contributed by atoms with Crippen molar-refractivity contribution in [2.75, 3.05) is 11.9 Å². The fourth-order valence-electron chi connectivity index (χ4n) is 1.51. The first-order chi connectivity index (χ1) is 10.1. The maximum Gasteiger partial charge on any atom is 0.270 e. The van der Waals surface area contributed by atoms with Crippen LogP contribution in [0.4, 0.5) is 11.6 Å². The average Bonchev–Trinajstić information content (AvgIpc) is 2.49. The number of aromatic nitrogens is 2. The van der Waals surface area contributed by atoms with E-state index in [0.717, 1.165) is 0 Å². The fourth-order valence-corrected chi connectivity index (χ4v) is 1.85. The van der Waals surface area contributed by atoms with Crippen molar-refractivity contribution in [2.24, 2.45) is 0 Å². The van der Waals surface area contributed by atoms with Crippen molar-refractivity contribution in [2.45, 2.75) is 0 Å². The normalized spacial score (nSPS) is 10.0. The number of hydrogen-bond donors (Lipinski definition) is 2. The summed E-state index contributed by atoms with van der Waals surface area (Å²) in [5, 5.41) is 6.57. The molecule has 7 heteroatoms. The van der Waals surface area contributed by atoms with E-state index in [1.807, 2.05) is 0 Å². The summed E-state index contributed by atoms with van der Waals surface area (Å²) >= 11 is 12.0. The summed E-state index contributed by atoms with van der Waals surface area (Å²) in [7, 11) is 0. The van der Waals surface area contributed by atoms with Crippen molar-refractivity contribution >= 4 is 40.7 Å². The number of carbonyl (C=O) groups is 1. The second-order valence-corrected chi connectivity index (χ2v) is 4.86. The first-order valence-electron chi connectivity index (χ1n) is 6.04. The molecule has 108 valence electrons. The molecule has 21 heavy (non-hydrogen) atoms. The number of hydrogen-bond acceptors (Lipinski definition) is 4. The Morgan fingerprint density at radius 2 is 2.14 bits per heavy atom. The Morgan fingerprint density at radius 1 is 1.33 bits per heavy atom. The van der Waals surface area contributed by atoms with E-state index in [1.165, 1.54) is 12.3 Å². The molecule has 0 bridgehead atoms. The molecule has 2 rings (SSSR count). The summed E-state index contributed by atoms with van der Waals surface area (Å²) in [6.07, 6.45) is 3.07. The Morgan fingerprint density at radius 3 is 2.90 bits per heavy atom. The van der Waals surface area contributed by atoms with Crippen LogP contribution in [0.25, 0.3) is 0 Å². The number of carbonyl (C=O) groups excluding carboxylic acids is 1. The molecule has 0 atom stereocenters. The molecule has 0 unspecified atom stereocenters. The molecule has 0 aliphatic carbocycles. The highest BCUT2D eigenvalue weighted by atomic mass is 35.5. The van der Waals surface area contributed by atoms with Gasteiger partial charge in [0.25, 0.3) is 5.91 Å². The van der Waals surface area contributed by atoms with E-state index in [-0.39, 0.29) is 17.5 Å². The molecular formula is C14H12Cl2N4O. The van der Waals surface area contributed by atoms with Crippen LogP contribution in [0.1, 0.15) is 10.5 Å². The van der Waals surface area contributed by atoms with Crippen LogP contribution in [0.2, 0.25) is 10.0 Å². The summed E-state index contributed by atoms with van der Waals surface area (Å²) in [6.45, 7) is 3.90. The molecule has 1 aromatic heterocycles. The number of rotatable bonds is 5. The van der Waals surface area contributed by atoms with Crippen LogP contribution in [0.15, 0.2) is 43.1 Å². The average molecular weight is 323 g/mol. The van der Waals surface area contributed by atoms with Gasteiger partial charge in [-0.25, -0.2) is 9.97 Å². The minimum Gasteiger partial charge on any atom is -0.347 e. The quantitative estimate of drug-likeness (QED) is 0.827. The maximum absolute atomic E-state index is 11.8. The zero-order chi connectivity index (χ0) is 15.2. The predicted molar refractivity (Wildman–Crippen MR) is 84.3 cm³/mol. The monoisotopic (exact) mass is 322 g/mol. The van der Waals surface area contributed by atoms with Crippen molar-refractivity contribution < 1.29 is 4.79 Å². The zero-order valence-electron chi connectivity index (χ0n) is 10.9. The second kappa shape index (κ2) is 7.06. The van der Waals surface area contributed by atoms with Gasteiger partial charge in [-0.3, -0.25) is 4.79 Å². The van der Waals surface area contributed by atoms with Crippen molar-refractivity contribution in [3.8, 4) is 0 Å². The standard InChI is InChI=1S/C14H12Cl2N4O/c1-2-6-17-13(21)11-5-7-18-14(19-11)20-12-8-9(15)3-4-10(12)16/h2-5,7-8H,1,6H2,(H,17,21)(H,18,19,20). The topological polar surface area (TPSA) is 66.9 Å². The summed E-state index contributed by atoms with van der Waals surface area (Å²) in [5.41, 5.74) is 0.806. The molecule has 1 amide bonds. The van der Waals surface area contributed by atoms with Gasteiger partial charge < -0.3 is 10.6 Å². The first kappa shape index (κ1) is 15.3. The van der Waals surface area contributed by atoms with E-state index >= 15 is 0 Å². The number of benzene rings is 1. The first-order valence-corrected chi connectivity index (χ1v) is 6.80. The highest BCUT2D eigenvalue weighted by Gasteiger charge is 2.09. The smallest absolute Gasteiger partial charge is 0.270 e. The van der Waals surface area contributed by atoms with Gasteiger partial charge in [0.1, 0.15) is 5.69 Å². The number of amides is 1. The Bertz CT molecular complexity index is 676. The van der Waals surface area contributed by atoms with Crippen LogP contribution in [-0.4, -0.2) is 22.4 Å². The maximum atomic E-state index is 11.8. The van der Waals surface area contributed by atoms with E-state index in [2.05, 4.69) is 27.2 Å². The molecule has 0 spiro atoms. The summed E-state index contributed by atoms with van der Waals surface area (Å²) < 4.78 is 0. The molecule has 1 aromatic carbocycles. The van der Waals surface area contributed by atoms with Crippen molar-refractivity contribution in [1.82, 2.24) is 15.3 Å². The van der Waals surface area contributed by atoms with Gasteiger partial charge in [-0.05, 0) is 24.3 Å². The van der Waals surface area contributed by atoms with E-state index in [1.54, 1.807) is 24.3 Å². The molecule has 0 saturated carbocycles. The van der Waals surface area contributed by atoms with Crippen LogP contribution < -0.4 is 10.6 Å². The largest absolute Gasteiger partial charge is 0.347 e. The van der Waals surface area contributed by atoms with Gasteiger partial charge >= 0.3 is 0 Å². The van der Waals surface area contributed by atoms with Crippen LogP contribution >= 0.6 is 23.2 Å². The van der Waals surface area contributed by atoms with E-state index < -0.39 is 0 Å². The Hall–Kier alpha value is -2.11. The minimum atomic E-state index is -0.308. The summed E-state index contributed by atoms with van der Waals surface area (Å²) in [4.78, 5) is 20.0. The summed E-state index contributed by atoms with van der Waals surface area (Å²) in [5.74, 6) is -0.0528.